The van der Waals surface area contributed by atoms with Gasteiger partial charge in [-0.3, -0.25) is 19.4 Å². The van der Waals surface area contributed by atoms with E-state index in [9.17, 15) is 9.59 Å². The second-order valence-electron chi connectivity index (χ2n) is 8.27. The molecule has 2 heterocycles. The molecule has 2 aliphatic rings. The van der Waals surface area contributed by atoms with Gasteiger partial charge in [-0.05, 0) is 24.6 Å². The molecule has 6 heteroatoms. The van der Waals surface area contributed by atoms with Gasteiger partial charge in [-0.25, -0.2) is 0 Å². The molecular formula is C25H30N4O2. The Morgan fingerprint density at radius 2 is 1.68 bits per heavy atom. The van der Waals surface area contributed by atoms with E-state index in [1.165, 1.54) is 5.56 Å². The topological polar surface area (TPSA) is 55.9 Å². The summed E-state index contributed by atoms with van der Waals surface area (Å²) in [5.41, 5.74) is 2.71. The second kappa shape index (κ2) is 9.90. The third-order valence-electron chi connectivity index (χ3n) is 5.93. The molecule has 2 amide bonds. The van der Waals surface area contributed by atoms with E-state index in [1.54, 1.807) is 4.90 Å². The number of amides is 2. The van der Waals surface area contributed by atoms with E-state index in [2.05, 4.69) is 39.4 Å². The fourth-order valence-corrected chi connectivity index (χ4v) is 4.27. The molecule has 31 heavy (non-hydrogen) atoms. The number of benzene rings is 2. The molecule has 0 bridgehead atoms. The van der Waals surface area contributed by atoms with Crippen molar-refractivity contribution in [3.63, 3.8) is 0 Å². The molecule has 0 unspecified atom stereocenters. The molecule has 2 aliphatic heterocycles. The summed E-state index contributed by atoms with van der Waals surface area (Å²) in [5, 5.41) is 2.92. The second-order valence-corrected chi connectivity index (χ2v) is 8.27. The van der Waals surface area contributed by atoms with Gasteiger partial charge in [0, 0.05) is 45.2 Å². The van der Waals surface area contributed by atoms with Crippen LogP contribution in [0.25, 0.3) is 6.08 Å². The summed E-state index contributed by atoms with van der Waals surface area (Å²) in [6, 6.07) is 17.7. The Labute approximate surface area is 184 Å². The van der Waals surface area contributed by atoms with Crippen molar-refractivity contribution in [1.82, 2.24) is 9.80 Å². The summed E-state index contributed by atoms with van der Waals surface area (Å²) in [6.45, 7) is 6.85. The van der Waals surface area contributed by atoms with Crippen molar-refractivity contribution in [2.75, 3.05) is 49.5 Å². The highest BCUT2D eigenvalue weighted by molar-refractivity contribution is 6.04. The minimum absolute atomic E-state index is 0.0487. The largest absolute Gasteiger partial charge is 0.324 e. The molecule has 4 rings (SSSR count). The van der Waals surface area contributed by atoms with Gasteiger partial charge in [-0.1, -0.05) is 54.6 Å². The number of nitrogens with one attached hydrogen (secondary N) is 1. The summed E-state index contributed by atoms with van der Waals surface area (Å²) in [4.78, 5) is 31.8. The lowest BCUT2D eigenvalue weighted by molar-refractivity contribution is -0.120. The molecule has 162 valence electrons. The molecule has 1 N–H and O–H groups in total. The van der Waals surface area contributed by atoms with Crippen LogP contribution in [0.2, 0.25) is 0 Å². The van der Waals surface area contributed by atoms with E-state index in [0.717, 1.165) is 38.4 Å². The van der Waals surface area contributed by atoms with E-state index >= 15 is 0 Å². The molecule has 1 saturated heterocycles. The first-order valence-electron chi connectivity index (χ1n) is 11.0. The lowest BCUT2D eigenvalue weighted by Crippen LogP contribution is -2.51. The number of nitrogens with zero attached hydrogens (tertiary/aromatic N) is 3. The number of carbonyl (C=O) groups excluding carboxylic acids is 2. The Morgan fingerprint density at radius 3 is 2.45 bits per heavy atom. The van der Waals surface area contributed by atoms with Crippen molar-refractivity contribution in [3.05, 3.63) is 66.2 Å². The maximum absolute atomic E-state index is 13.2. The van der Waals surface area contributed by atoms with Crippen LogP contribution in [0.4, 0.5) is 11.4 Å². The monoisotopic (exact) mass is 418 g/mol. The first kappa shape index (κ1) is 21.3. The fourth-order valence-electron chi connectivity index (χ4n) is 4.27. The van der Waals surface area contributed by atoms with Crippen LogP contribution >= 0.6 is 0 Å². The van der Waals surface area contributed by atoms with Crippen LogP contribution in [0.3, 0.4) is 0 Å². The van der Waals surface area contributed by atoms with E-state index in [-0.39, 0.29) is 17.9 Å². The number of carbonyl (C=O) groups is 2. The molecule has 1 atom stereocenters. The Hall–Kier alpha value is -2.96. The number of fused-ring (bicyclic) bond motifs is 1. The average Bonchev–Trinajstić information content (AvgIpc) is 2.90. The molecular weight excluding hydrogens is 388 g/mol. The number of rotatable bonds is 5. The van der Waals surface area contributed by atoms with Crippen molar-refractivity contribution in [1.29, 1.82) is 0 Å². The van der Waals surface area contributed by atoms with Crippen LogP contribution < -0.4 is 10.2 Å². The van der Waals surface area contributed by atoms with Crippen LogP contribution in [-0.4, -0.2) is 66.9 Å². The van der Waals surface area contributed by atoms with Crippen molar-refractivity contribution in [2.24, 2.45) is 0 Å². The third kappa shape index (κ3) is 5.40. The number of para-hydroxylation sites is 2. The van der Waals surface area contributed by atoms with Gasteiger partial charge in [0.15, 0.2) is 0 Å². The highest BCUT2D eigenvalue weighted by Gasteiger charge is 2.30. The van der Waals surface area contributed by atoms with Crippen molar-refractivity contribution in [2.45, 2.75) is 19.4 Å². The standard InChI is InChI=1S/C25H30N4O2/c1-20-18-24(30)26-22-11-5-6-12-23(22)29(20)25(31)19-28-16-14-27(15-17-28)13-7-10-21-8-3-2-4-9-21/h2-12,20H,13-19H2,1H3,(H,26,30)/b10-7+/t20-/m0/s1. The zero-order valence-corrected chi connectivity index (χ0v) is 18.0. The average molecular weight is 419 g/mol. The van der Waals surface area contributed by atoms with Crippen molar-refractivity contribution >= 4 is 29.3 Å². The van der Waals surface area contributed by atoms with E-state index in [4.69, 9.17) is 0 Å². The molecule has 1 fully saturated rings. The van der Waals surface area contributed by atoms with Gasteiger partial charge in [0.2, 0.25) is 11.8 Å². The quantitative estimate of drug-likeness (QED) is 0.811. The lowest BCUT2D eigenvalue weighted by atomic mass is 10.1. The molecule has 0 saturated carbocycles. The summed E-state index contributed by atoms with van der Waals surface area (Å²) in [7, 11) is 0. The third-order valence-corrected chi connectivity index (χ3v) is 5.93. The van der Waals surface area contributed by atoms with Crippen LogP contribution in [0.5, 0.6) is 0 Å². The summed E-state index contributed by atoms with van der Waals surface area (Å²) >= 11 is 0. The number of hydrogen-bond acceptors (Lipinski definition) is 4. The van der Waals surface area contributed by atoms with Gasteiger partial charge in [-0.2, -0.15) is 0 Å². The summed E-state index contributed by atoms with van der Waals surface area (Å²) < 4.78 is 0. The Kier molecular flexibility index (Phi) is 6.79. The van der Waals surface area contributed by atoms with Gasteiger partial charge < -0.3 is 10.2 Å². The molecule has 0 aliphatic carbocycles. The van der Waals surface area contributed by atoms with Crippen LogP contribution in [0.15, 0.2) is 60.7 Å². The predicted molar refractivity (Wildman–Crippen MR) is 125 cm³/mol. The smallest absolute Gasteiger partial charge is 0.241 e. The van der Waals surface area contributed by atoms with Crippen molar-refractivity contribution in [3.8, 4) is 0 Å². The van der Waals surface area contributed by atoms with Gasteiger partial charge in [0.05, 0.1) is 17.9 Å². The highest BCUT2D eigenvalue weighted by Crippen LogP contribution is 2.31. The van der Waals surface area contributed by atoms with Gasteiger partial charge >= 0.3 is 0 Å². The molecule has 2 aromatic carbocycles. The van der Waals surface area contributed by atoms with Crippen LogP contribution in [-0.2, 0) is 9.59 Å². The fraction of sp³-hybridized carbons (Fsp3) is 0.360. The maximum atomic E-state index is 13.2. The number of piperazine rings is 1. The maximum Gasteiger partial charge on any atom is 0.241 e. The number of hydrogen-bond donors (Lipinski definition) is 1. The number of anilines is 2. The lowest BCUT2D eigenvalue weighted by Gasteiger charge is -2.36. The minimum atomic E-state index is -0.166. The molecule has 0 aromatic heterocycles. The van der Waals surface area contributed by atoms with Gasteiger partial charge in [0.1, 0.15) is 0 Å². The zero-order chi connectivity index (χ0) is 21.6. The van der Waals surface area contributed by atoms with Gasteiger partial charge in [-0.15, -0.1) is 0 Å². The van der Waals surface area contributed by atoms with Crippen LogP contribution in [0, 0.1) is 0 Å². The summed E-state index contributed by atoms with van der Waals surface area (Å²) in [6.07, 6.45) is 4.67. The first-order valence-corrected chi connectivity index (χ1v) is 11.0. The van der Waals surface area contributed by atoms with Gasteiger partial charge in [0.25, 0.3) is 0 Å². The highest BCUT2D eigenvalue weighted by atomic mass is 16.2. The molecule has 2 aromatic rings. The Morgan fingerprint density at radius 1 is 1.00 bits per heavy atom. The SMILES string of the molecule is C[C@H]1CC(=O)Nc2ccccc2N1C(=O)CN1CCN(C/C=C/c2ccccc2)CC1. The van der Waals surface area contributed by atoms with E-state index < -0.39 is 0 Å². The first-order chi connectivity index (χ1) is 15.1. The normalized spacial score (nSPS) is 20.4. The molecule has 0 spiro atoms. The van der Waals surface area contributed by atoms with Crippen LogP contribution in [0.1, 0.15) is 18.9 Å². The molecule has 0 radical (unpaired) electrons. The van der Waals surface area contributed by atoms with E-state index in [1.807, 2.05) is 49.4 Å². The van der Waals surface area contributed by atoms with E-state index in [0.29, 0.717) is 18.7 Å². The molecule has 6 nitrogen and oxygen atoms in total. The zero-order valence-electron chi connectivity index (χ0n) is 18.0. The Bertz CT molecular complexity index is 936. The minimum Gasteiger partial charge on any atom is -0.324 e. The Balaban J connectivity index is 1.32. The summed E-state index contributed by atoms with van der Waals surface area (Å²) in [5.74, 6) is 0.00120. The predicted octanol–water partition coefficient (Wildman–Crippen LogP) is 3.08. The van der Waals surface area contributed by atoms with Crippen molar-refractivity contribution < 1.29 is 9.59 Å².